The number of esters is 2. The van der Waals surface area contributed by atoms with Gasteiger partial charge in [-0.1, -0.05) is 80.6 Å². The summed E-state index contributed by atoms with van der Waals surface area (Å²) in [6.07, 6.45) is 12.4. The van der Waals surface area contributed by atoms with Gasteiger partial charge < -0.3 is 25.4 Å². The highest BCUT2D eigenvalue weighted by molar-refractivity contribution is 5.84. The van der Waals surface area contributed by atoms with Crippen LogP contribution in [-0.4, -0.2) is 59.5 Å². The van der Waals surface area contributed by atoms with Crippen LogP contribution in [0, 0.1) is 16.7 Å². The van der Waals surface area contributed by atoms with E-state index < -0.39 is 35.2 Å². The van der Waals surface area contributed by atoms with Crippen LogP contribution < -0.4 is 16.0 Å². The van der Waals surface area contributed by atoms with Crippen molar-refractivity contribution in [3.63, 3.8) is 0 Å². The van der Waals surface area contributed by atoms with Crippen LogP contribution >= 0.6 is 0 Å². The Morgan fingerprint density at radius 2 is 1.15 bits per heavy atom. The van der Waals surface area contributed by atoms with Crippen molar-refractivity contribution in [1.29, 1.82) is 0 Å². The van der Waals surface area contributed by atoms with Crippen LogP contribution in [0.25, 0.3) is 0 Å². The summed E-state index contributed by atoms with van der Waals surface area (Å²) in [7, 11) is 0. The fraction of sp³-hybridized carbons (Fsp3) is 0.881. The average Bonchev–Trinajstić information content (AvgIpc) is 2.97. The van der Waals surface area contributed by atoms with Gasteiger partial charge in [0.1, 0.15) is 23.0 Å². The second-order valence-electron chi connectivity index (χ2n) is 18.8. The molecule has 0 aliphatic rings. The Kier molecular flexibility index (Phi) is 22.7. The van der Waals surface area contributed by atoms with Crippen molar-refractivity contribution in [2.24, 2.45) is 16.7 Å². The number of ketones is 1. The maximum absolute atomic E-state index is 13.1. The minimum absolute atomic E-state index is 0.0422. The lowest BCUT2D eigenvalue weighted by Crippen LogP contribution is -2.53. The predicted molar refractivity (Wildman–Crippen MR) is 211 cm³/mol. The maximum atomic E-state index is 13.1. The fourth-order valence-electron chi connectivity index (χ4n) is 5.97. The highest BCUT2D eigenvalue weighted by Crippen LogP contribution is 2.34. The monoisotopic (exact) mass is 738 g/mol. The summed E-state index contributed by atoms with van der Waals surface area (Å²) < 4.78 is 10.9. The van der Waals surface area contributed by atoms with Crippen molar-refractivity contribution in [3.05, 3.63) is 0 Å². The number of ether oxygens (including phenoxy) is 2. The van der Waals surface area contributed by atoms with Gasteiger partial charge in [0.05, 0.1) is 0 Å². The van der Waals surface area contributed by atoms with Crippen LogP contribution in [0.5, 0.6) is 0 Å². The first-order valence-corrected chi connectivity index (χ1v) is 20.1. The second kappa shape index (κ2) is 23.9. The van der Waals surface area contributed by atoms with Crippen molar-refractivity contribution in [2.45, 2.75) is 216 Å². The summed E-state index contributed by atoms with van der Waals surface area (Å²) in [5.41, 5.74) is -1.52. The highest BCUT2D eigenvalue weighted by atomic mass is 16.6. The lowest BCUT2D eigenvalue weighted by Gasteiger charge is -2.32. The van der Waals surface area contributed by atoms with Crippen molar-refractivity contribution in [1.82, 2.24) is 16.0 Å². The van der Waals surface area contributed by atoms with Crippen molar-refractivity contribution in [3.8, 4) is 0 Å². The lowest BCUT2D eigenvalue weighted by molar-refractivity contribution is -0.158. The topological polar surface area (TPSA) is 140 Å². The molecule has 3 N–H and O–H groups in total. The molecule has 0 aromatic carbocycles. The number of carbonyl (C=O) groups is 5. The summed E-state index contributed by atoms with van der Waals surface area (Å²) in [5, 5.41) is 8.77. The van der Waals surface area contributed by atoms with E-state index in [-0.39, 0.29) is 35.6 Å². The van der Waals surface area contributed by atoms with Crippen LogP contribution in [0.1, 0.15) is 193 Å². The zero-order chi connectivity index (χ0) is 40.2. The zero-order valence-electron chi connectivity index (χ0n) is 35.6. The van der Waals surface area contributed by atoms with E-state index in [0.29, 0.717) is 43.9 Å². The van der Waals surface area contributed by atoms with E-state index in [0.717, 1.165) is 44.9 Å². The number of hydrogen-bond donors (Lipinski definition) is 3. The standard InChI is InChI=1S/C42H79N3O7/c1-14-15-18-23-31(39(2,3)4)30-32(46)24-19-16-17-20-26-35(47)43-29-22-21-25-34(40(5,6)7)45-38(50)44-33(37(49)52-42(11,12)13)27-28-36(48)51-41(8,9)10/h31,33-34H,14-30H2,1-13H3,(H,43,47)(H2,44,45,50)/t31?,33-,34+/m1/s1. The molecule has 3 atom stereocenters. The second-order valence-corrected chi connectivity index (χ2v) is 18.8. The Balaban J connectivity index is 4.64. The molecule has 304 valence electrons. The van der Waals surface area contributed by atoms with E-state index >= 15 is 0 Å². The summed E-state index contributed by atoms with van der Waals surface area (Å²) >= 11 is 0. The number of rotatable bonds is 24. The van der Waals surface area contributed by atoms with Gasteiger partial charge in [0, 0.05) is 38.3 Å². The molecule has 0 spiro atoms. The first kappa shape index (κ1) is 49.4. The van der Waals surface area contributed by atoms with Gasteiger partial charge in [-0.25, -0.2) is 9.59 Å². The maximum Gasteiger partial charge on any atom is 0.329 e. The number of urea groups is 1. The molecule has 52 heavy (non-hydrogen) atoms. The van der Waals surface area contributed by atoms with Gasteiger partial charge >= 0.3 is 18.0 Å². The molecule has 0 aromatic rings. The van der Waals surface area contributed by atoms with Crippen LogP contribution in [0.2, 0.25) is 0 Å². The third-order valence-corrected chi connectivity index (χ3v) is 9.11. The minimum Gasteiger partial charge on any atom is -0.460 e. The Labute approximate surface area is 317 Å². The molecule has 0 saturated carbocycles. The number of Topliss-reactive ketones (excluding diaryl/α,β-unsaturated/α-hetero) is 1. The molecule has 0 fully saturated rings. The highest BCUT2D eigenvalue weighted by Gasteiger charge is 2.31. The molecule has 3 amide bonds. The summed E-state index contributed by atoms with van der Waals surface area (Å²) in [6.45, 7) is 26.2. The number of amides is 3. The normalized spacial score (nSPS) is 14.2. The molecule has 0 saturated heterocycles. The number of carbonyl (C=O) groups excluding carboxylic acids is 5. The van der Waals surface area contributed by atoms with Crippen molar-refractivity contribution in [2.75, 3.05) is 6.54 Å². The van der Waals surface area contributed by atoms with Gasteiger partial charge in [0.25, 0.3) is 0 Å². The molecule has 0 bridgehead atoms. The molecule has 0 radical (unpaired) electrons. The molecule has 0 aliphatic carbocycles. The lowest BCUT2D eigenvalue weighted by atomic mass is 9.75. The van der Waals surface area contributed by atoms with Gasteiger partial charge in [-0.05, 0) is 103 Å². The van der Waals surface area contributed by atoms with Crippen LogP contribution in [0.15, 0.2) is 0 Å². The van der Waals surface area contributed by atoms with Gasteiger partial charge in [-0.2, -0.15) is 0 Å². The van der Waals surface area contributed by atoms with Crippen LogP contribution in [0.3, 0.4) is 0 Å². The Morgan fingerprint density at radius 1 is 0.577 bits per heavy atom. The third kappa shape index (κ3) is 26.2. The molecule has 0 aromatic heterocycles. The molecule has 0 heterocycles. The quantitative estimate of drug-likeness (QED) is 0.0663. The number of hydrogen-bond acceptors (Lipinski definition) is 7. The Morgan fingerprint density at radius 3 is 1.69 bits per heavy atom. The van der Waals surface area contributed by atoms with E-state index in [1.54, 1.807) is 41.5 Å². The molecule has 10 nitrogen and oxygen atoms in total. The van der Waals surface area contributed by atoms with Crippen LogP contribution in [0.4, 0.5) is 4.79 Å². The minimum atomic E-state index is -1.02. The van der Waals surface area contributed by atoms with E-state index in [2.05, 4.69) is 43.6 Å². The predicted octanol–water partition coefficient (Wildman–Crippen LogP) is 9.36. The smallest absolute Gasteiger partial charge is 0.329 e. The van der Waals surface area contributed by atoms with Crippen molar-refractivity contribution < 1.29 is 33.4 Å². The Bertz CT molecular complexity index is 1080. The molecule has 0 aliphatic heterocycles. The summed E-state index contributed by atoms with van der Waals surface area (Å²) in [4.78, 5) is 63.5. The number of nitrogens with one attached hydrogen (secondary N) is 3. The number of unbranched alkanes of at least 4 members (excludes halogenated alkanes) is 6. The van der Waals surface area contributed by atoms with Crippen molar-refractivity contribution >= 4 is 29.7 Å². The summed E-state index contributed by atoms with van der Waals surface area (Å²) in [6, 6.07) is -1.72. The van der Waals surface area contributed by atoms with E-state index in [1.807, 2.05) is 20.8 Å². The van der Waals surface area contributed by atoms with E-state index in [9.17, 15) is 24.0 Å². The van der Waals surface area contributed by atoms with Gasteiger partial charge in [0.2, 0.25) is 5.91 Å². The first-order chi connectivity index (χ1) is 23.8. The SMILES string of the molecule is CCCCCC(CC(=O)CCCCCCC(=O)NCCCC[C@H](NC(=O)N[C@H](CCC(=O)OC(C)(C)C)C(=O)OC(C)(C)C)C(C)(C)C)C(C)(C)C. The average molecular weight is 738 g/mol. The summed E-state index contributed by atoms with van der Waals surface area (Å²) in [5.74, 6) is -0.205. The first-order valence-electron chi connectivity index (χ1n) is 20.1. The zero-order valence-corrected chi connectivity index (χ0v) is 35.6. The van der Waals surface area contributed by atoms with E-state index in [1.165, 1.54) is 19.3 Å². The Hall–Kier alpha value is -2.65. The van der Waals surface area contributed by atoms with Crippen LogP contribution in [-0.2, 0) is 28.7 Å². The van der Waals surface area contributed by atoms with E-state index in [4.69, 9.17) is 9.47 Å². The molecular weight excluding hydrogens is 658 g/mol. The van der Waals surface area contributed by atoms with Gasteiger partial charge in [-0.3, -0.25) is 14.4 Å². The molecule has 1 unspecified atom stereocenters. The third-order valence-electron chi connectivity index (χ3n) is 9.11. The van der Waals surface area contributed by atoms with Gasteiger partial charge in [0.15, 0.2) is 0 Å². The fourth-order valence-corrected chi connectivity index (χ4v) is 5.97. The molecule has 0 rings (SSSR count). The molecule has 10 heteroatoms. The van der Waals surface area contributed by atoms with Gasteiger partial charge in [-0.15, -0.1) is 0 Å². The largest absolute Gasteiger partial charge is 0.460 e. The molecular formula is C42H79N3O7.